The molecule has 0 saturated carbocycles. The topological polar surface area (TPSA) is 73.8 Å². The molecule has 0 radical (unpaired) electrons. The van der Waals surface area contributed by atoms with Gasteiger partial charge in [-0.05, 0) is 19.4 Å². The van der Waals surface area contributed by atoms with Crippen molar-refractivity contribution in [2.45, 2.75) is 45.6 Å². The standard InChI is InChI=1S/C24H23ClF3N7O/c1-4-33-13-19(24(26,27)28)30-23(33)16-7-5-15(6-8-16)14(2)35-20-11-18(22-17(25)12-29-32(22)3)31-34(20)10-9-21(35)36/h5-8,11-14H,4,9-10H2,1-3H3/t14-/m0/s1. The van der Waals surface area contributed by atoms with Gasteiger partial charge in [-0.3, -0.25) is 14.4 Å². The highest BCUT2D eigenvalue weighted by molar-refractivity contribution is 6.32. The van der Waals surface area contributed by atoms with Gasteiger partial charge in [-0.1, -0.05) is 35.9 Å². The zero-order chi connectivity index (χ0) is 25.8. The van der Waals surface area contributed by atoms with Crippen molar-refractivity contribution >= 4 is 23.3 Å². The van der Waals surface area contributed by atoms with E-state index in [-0.39, 0.29) is 17.8 Å². The van der Waals surface area contributed by atoms with Gasteiger partial charge in [-0.2, -0.15) is 23.4 Å². The maximum Gasteiger partial charge on any atom is 0.434 e. The SMILES string of the molecule is CCn1cc(C(F)(F)F)nc1-c1ccc([C@H](C)N2C(=O)CCn3nc(-c4c(Cl)cnn4C)cc32)cc1. The molecule has 0 fully saturated rings. The second kappa shape index (κ2) is 8.81. The van der Waals surface area contributed by atoms with Crippen LogP contribution in [0.15, 0.2) is 42.7 Å². The predicted octanol–water partition coefficient (Wildman–Crippen LogP) is 5.34. The highest BCUT2D eigenvalue weighted by Crippen LogP contribution is 2.36. The first-order valence-corrected chi connectivity index (χ1v) is 11.8. The van der Waals surface area contributed by atoms with Gasteiger partial charge in [0, 0.05) is 37.8 Å². The summed E-state index contributed by atoms with van der Waals surface area (Å²) in [6.07, 6.45) is -1.65. The van der Waals surface area contributed by atoms with Crippen LogP contribution in [-0.4, -0.2) is 35.0 Å². The van der Waals surface area contributed by atoms with E-state index < -0.39 is 11.9 Å². The number of alkyl halides is 3. The summed E-state index contributed by atoms with van der Waals surface area (Å²) >= 11 is 6.30. The van der Waals surface area contributed by atoms with Gasteiger partial charge in [0.05, 0.1) is 23.8 Å². The lowest BCUT2D eigenvalue weighted by Gasteiger charge is -2.33. The Morgan fingerprint density at radius 3 is 2.53 bits per heavy atom. The lowest BCUT2D eigenvalue weighted by Crippen LogP contribution is -2.39. The predicted molar refractivity (Wildman–Crippen MR) is 128 cm³/mol. The number of rotatable bonds is 5. The fraction of sp³-hybridized carbons (Fsp3) is 0.333. The van der Waals surface area contributed by atoms with Crippen LogP contribution in [0.25, 0.3) is 22.8 Å². The smallest absolute Gasteiger partial charge is 0.331 e. The average molecular weight is 518 g/mol. The van der Waals surface area contributed by atoms with Gasteiger partial charge in [-0.25, -0.2) is 9.67 Å². The van der Waals surface area contributed by atoms with Gasteiger partial charge in [0.15, 0.2) is 5.69 Å². The number of hydrogen-bond donors (Lipinski definition) is 0. The summed E-state index contributed by atoms with van der Waals surface area (Å²) in [6, 6.07) is 8.56. The summed E-state index contributed by atoms with van der Waals surface area (Å²) < 4.78 is 44.4. The number of aromatic nitrogens is 6. The largest absolute Gasteiger partial charge is 0.434 e. The summed E-state index contributed by atoms with van der Waals surface area (Å²) in [5.41, 5.74) is 1.74. The van der Waals surface area contributed by atoms with Crippen molar-refractivity contribution in [1.82, 2.24) is 29.1 Å². The van der Waals surface area contributed by atoms with Crippen LogP contribution in [-0.2, 0) is 31.1 Å². The quantitative estimate of drug-likeness (QED) is 0.358. The molecule has 1 atom stereocenters. The molecule has 0 aliphatic carbocycles. The Hall–Kier alpha value is -3.60. The van der Waals surface area contributed by atoms with Crippen molar-refractivity contribution in [1.29, 1.82) is 0 Å². The molecule has 1 amide bonds. The minimum atomic E-state index is -4.51. The molecule has 3 aromatic heterocycles. The van der Waals surface area contributed by atoms with Crippen LogP contribution in [0.4, 0.5) is 19.0 Å². The van der Waals surface area contributed by atoms with Crippen LogP contribution in [0.2, 0.25) is 5.02 Å². The molecule has 0 N–H and O–H groups in total. The van der Waals surface area contributed by atoms with E-state index in [4.69, 9.17) is 11.6 Å². The van der Waals surface area contributed by atoms with E-state index in [0.717, 1.165) is 11.8 Å². The van der Waals surface area contributed by atoms with Gasteiger partial charge in [0.25, 0.3) is 0 Å². The molecule has 5 rings (SSSR count). The van der Waals surface area contributed by atoms with Crippen molar-refractivity contribution in [2.24, 2.45) is 7.05 Å². The Bertz CT molecular complexity index is 1420. The van der Waals surface area contributed by atoms with Crippen LogP contribution >= 0.6 is 11.6 Å². The van der Waals surface area contributed by atoms with Gasteiger partial charge < -0.3 is 4.57 Å². The van der Waals surface area contributed by atoms with Crippen LogP contribution in [0.1, 0.15) is 37.6 Å². The number of aryl methyl sites for hydroxylation is 3. The third kappa shape index (κ3) is 4.06. The summed E-state index contributed by atoms with van der Waals surface area (Å²) in [7, 11) is 1.77. The molecule has 0 spiro atoms. The van der Waals surface area contributed by atoms with Crippen molar-refractivity contribution in [3.05, 3.63) is 59.0 Å². The molecule has 36 heavy (non-hydrogen) atoms. The minimum Gasteiger partial charge on any atom is -0.331 e. The Kier molecular flexibility index (Phi) is 5.90. The monoisotopic (exact) mass is 517 g/mol. The first kappa shape index (κ1) is 24.1. The first-order chi connectivity index (χ1) is 17.1. The van der Waals surface area contributed by atoms with E-state index in [0.29, 0.717) is 47.3 Å². The van der Waals surface area contributed by atoms with E-state index in [1.807, 2.05) is 25.1 Å². The molecule has 1 aliphatic heterocycles. The number of amides is 1. The zero-order valence-corrected chi connectivity index (χ0v) is 20.5. The summed E-state index contributed by atoms with van der Waals surface area (Å²) in [5, 5.41) is 9.27. The van der Waals surface area contributed by atoms with Crippen LogP contribution in [0.5, 0.6) is 0 Å². The summed E-state index contributed by atoms with van der Waals surface area (Å²) in [5.74, 6) is 0.846. The number of imidazole rings is 1. The van der Waals surface area contributed by atoms with E-state index in [1.165, 1.54) is 4.57 Å². The lowest BCUT2D eigenvalue weighted by molar-refractivity contribution is -0.140. The molecule has 8 nitrogen and oxygen atoms in total. The van der Waals surface area contributed by atoms with E-state index in [2.05, 4.69) is 15.2 Å². The van der Waals surface area contributed by atoms with E-state index >= 15 is 0 Å². The molecule has 0 unspecified atom stereocenters. The second-order valence-corrected chi connectivity index (χ2v) is 9.03. The van der Waals surface area contributed by atoms with Gasteiger partial charge >= 0.3 is 6.18 Å². The number of fused-ring (bicyclic) bond motifs is 1. The normalized spacial score (nSPS) is 14.9. The second-order valence-electron chi connectivity index (χ2n) is 8.62. The highest BCUT2D eigenvalue weighted by Gasteiger charge is 2.35. The van der Waals surface area contributed by atoms with Crippen LogP contribution in [0.3, 0.4) is 0 Å². The number of hydrogen-bond acceptors (Lipinski definition) is 4. The molecule has 0 saturated heterocycles. The number of carbonyl (C=O) groups excluding carboxylic acids is 1. The average Bonchev–Trinajstić information content (AvgIpc) is 3.55. The van der Waals surface area contributed by atoms with Crippen molar-refractivity contribution < 1.29 is 18.0 Å². The molecular formula is C24H23ClF3N7O. The Labute approximate surface area is 209 Å². The van der Waals surface area contributed by atoms with Gasteiger partial charge in [0.2, 0.25) is 5.91 Å². The van der Waals surface area contributed by atoms with Crippen LogP contribution in [0, 0.1) is 0 Å². The Morgan fingerprint density at radius 1 is 1.19 bits per heavy atom. The fourth-order valence-electron chi connectivity index (χ4n) is 4.53. The Balaban J connectivity index is 1.46. The van der Waals surface area contributed by atoms with Crippen molar-refractivity contribution in [2.75, 3.05) is 4.90 Å². The molecule has 12 heteroatoms. The maximum atomic E-state index is 13.2. The van der Waals surface area contributed by atoms with Crippen molar-refractivity contribution in [3.63, 3.8) is 0 Å². The maximum absolute atomic E-state index is 13.2. The number of anilines is 1. The molecule has 188 valence electrons. The minimum absolute atomic E-state index is 0.0435. The van der Waals surface area contributed by atoms with Gasteiger partial charge in [-0.15, -0.1) is 0 Å². The number of nitrogens with zero attached hydrogens (tertiary/aromatic N) is 7. The van der Waals surface area contributed by atoms with E-state index in [1.54, 1.807) is 46.6 Å². The van der Waals surface area contributed by atoms with Crippen LogP contribution < -0.4 is 4.90 Å². The zero-order valence-electron chi connectivity index (χ0n) is 19.8. The summed E-state index contributed by atoms with van der Waals surface area (Å²) in [6.45, 7) is 4.47. The molecule has 4 aromatic rings. The lowest BCUT2D eigenvalue weighted by atomic mass is 10.0. The molecule has 1 aromatic carbocycles. The molecular weight excluding hydrogens is 495 g/mol. The molecule has 1 aliphatic rings. The van der Waals surface area contributed by atoms with Crippen molar-refractivity contribution in [3.8, 4) is 22.8 Å². The Morgan fingerprint density at radius 2 is 1.92 bits per heavy atom. The van der Waals surface area contributed by atoms with Gasteiger partial charge in [0.1, 0.15) is 23.0 Å². The van der Waals surface area contributed by atoms with E-state index in [9.17, 15) is 18.0 Å². The number of carbonyl (C=O) groups is 1. The summed E-state index contributed by atoms with van der Waals surface area (Å²) in [4.78, 5) is 18.5. The molecule has 4 heterocycles. The third-order valence-corrected chi connectivity index (χ3v) is 6.67. The first-order valence-electron chi connectivity index (χ1n) is 11.4. The third-order valence-electron chi connectivity index (χ3n) is 6.39. The highest BCUT2D eigenvalue weighted by atomic mass is 35.5. The molecule has 0 bridgehead atoms. The fourth-order valence-corrected chi connectivity index (χ4v) is 4.79. The number of halogens is 4. The number of benzene rings is 1.